The van der Waals surface area contributed by atoms with Crippen LogP contribution in [0.2, 0.25) is 0 Å². The number of aliphatic carboxylic acids is 1. The smallest absolute Gasteiger partial charge is 0.416 e. The Morgan fingerprint density at radius 1 is 0.864 bits per heavy atom. The van der Waals surface area contributed by atoms with E-state index in [1.54, 1.807) is 0 Å². The van der Waals surface area contributed by atoms with E-state index in [2.05, 4.69) is 41.2 Å². The van der Waals surface area contributed by atoms with Gasteiger partial charge >= 0.3 is 12.1 Å². The molecule has 0 heterocycles. The molecule has 1 aromatic carbocycles. The van der Waals surface area contributed by atoms with E-state index in [1.165, 1.54) is 12.1 Å². The van der Waals surface area contributed by atoms with Crippen molar-refractivity contribution in [3.05, 3.63) is 53.6 Å². The molecule has 0 unspecified atom stereocenters. The van der Waals surface area contributed by atoms with Crippen LogP contribution in [-0.2, 0) is 11.0 Å². The van der Waals surface area contributed by atoms with Crippen molar-refractivity contribution in [2.45, 2.75) is 111 Å². The summed E-state index contributed by atoms with van der Waals surface area (Å²) < 4.78 is 39.2. The van der Waals surface area contributed by atoms with Gasteiger partial charge in [-0.3, -0.25) is 4.79 Å². The quantitative estimate of drug-likeness (QED) is 0.333. The summed E-state index contributed by atoms with van der Waals surface area (Å²) >= 11 is 0. The minimum atomic E-state index is -4.37. The number of aliphatic hydroxyl groups is 1. The van der Waals surface area contributed by atoms with E-state index in [1.807, 2.05) is 12.2 Å². The summed E-state index contributed by atoms with van der Waals surface area (Å²) in [6.07, 6.45) is 8.44. The van der Waals surface area contributed by atoms with E-state index in [-0.39, 0.29) is 45.5 Å². The van der Waals surface area contributed by atoms with E-state index >= 15 is 0 Å². The predicted octanol–water partition coefficient (Wildman–Crippen LogP) is 9.80. The van der Waals surface area contributed by atoms with Gasteiger partial charge in [-0.15, -0.1) is 0 Å². The van der Waals surface area contributed by atoms with Gasteiger partial charge in [0.05, 0.1) is 17.1 Å². The van der Waals surface area contributed by atoms with Crippen LogP contribution in [0.3, 0.4) is 0 Å². The lowest BCUT2D eigenvalue weighted by atomic mass is 9.32. The molecule has 44 heavy (non-hydrogen) atoms. The summed E-state index contributed by atoms with van der Waals surface area (Å²) in [6, 6.07) is 5.15. The SMILES string of the molecule is C=C(/C=C/c1ccc(C(F)(F)F)cc1)[C@@H]1CC[C@]2(C(=O)O)CC[C@]3(C)[C@H](CC[C@@H]4[C@@]5(C)CC[C@H](O)C(C)(C)[C@@H]5CC[C@]43C)[C@@H]12. The Bertz CT molecular complexity index is 1350. The molecule has 5 aliphatic carbocycles. The van der Waals surface area contributed by atoms with Crippen molar-refractivity contribution in [1.82, 2.24) is 0 Å². The Morgan fingerprint density at radius 2 is 1.55 bits per heavy atom. The molecule has 0 radical (unpaired) electrons. The van der Waals surface area contributed by atoms with Gasteiger partial charge < -0.3 is 10.2 Å². The third kappa shape index (κ3) is 4.35. The van der Waals surface area contributed by atoms with Gasteiger partial charge in [-0.1, -0.05) is 71.1 Å². The minimum absolute atomic E-state index is 0.00331. The fourth-order valence-electron chi connectivity index (χ4n) is 12.5. The number of aliphatic hydroxyl groups excluding tert-OH is 1. The predicted molar refractivity (Wildman–Crippen MR) is 167 cm³/mol. The Hall–Kier alpha value is -2.08. The average molecular weight is 613 g/mol. The van der Waals surface area contributed by atoms with Crippen LogP contribution in [0.1, 0.15) is 110 Å². The molecule has 6 rings (SSSR count). The van der Waals surface area contributed by atoms with Crippen molar-refractivity contribution in [2.75, 3.05) is 0 Å². The Labute approximate surface area is 261 Å². The highest BCUT2D eigenvalue weighted by molar-refractivity contribution is 5.76. The van der Waals surface area contributed by atoms with Crippen molar-refractivity contribution in [3.8, 4) is 0 Å². The minimum Gasteiger partial charge on any atom is -0.481 e. The number of fused-ring (bicyclic) bond motifs is 7. The van der Waals surface area contributed by atoms with Crippen molar-refractivity contribution in [1.29, 1.82) is 0 Å². The molecule has 2 N–H and O–H groups in total. The van der Waals surface area contributed by atoms with Crippen LogP contribution in [0.15, 0.2) is 42.5 Å². The van der Waals surface area contributed by atoms with Crippen LogP contribution in [-0.4, -0.2) is 22.3 Å². The molecular weight excluding hydrogens is 561 g/mol. The van der Waals surface area contributed by atoms with E-state index < -0.39 is 23.1 Å². The standard InChI is InChI=1S/C38H51F3O3/c1-23(7-8-24-9-11-25(12-10-24)38(39,40)41)26-15-20-37(32(43)44)22-21-35(5)27(31(26)37)13-14-29-34(4)18-17-30(42)33(2,3)28(34)16-19-36(29,35)6/h7-12,26-31,42H,1,13-22H2,2-6H3,(H,43,44)/b8-7+/t26-,27+,28-,29+,30-,31+,34-,35+,36+,37-/m0/s1. The summed E-state index contributed by atoms with van der Waals surface area (Å²) in [6.45, 7) is 16.5. The number of hydrogen-bond acceptors (Lipinski definition) is 2. The van der Waals surface area contributed by atoms with Gasteiger partial charge in [0.15, 0.2) is 0 Å². The van der Waals surface area contributed by atoms with Crippen LogP contribution in [0, 0.1) is 56.7 Å². The second kappa shape index (κ2) is 10.2. The molecule has 0 bridgehead atoms. The average Bonchev–Trinajstić information content (AvgIpc) is 3.35. The molecule has 0 amide bonds. The van der Waals surface area contributed by atoms with E-state index in [0.29, 0.717) is 30.2 Å². The Balaban J connectivity index is 1.31. The molecule has 3 nitrogen and oxygen atoms in total. The van der Waals surface area contributed by atoms with Crippen LogP contribution >= 0.6 is 0 Å². The van der Waals surface area contributed by atoms with Crippen molar-refractivity contribution >= 4 is 12.0 Å². The lowest BCUT2D eigenvalue weighted by Gasteiger charge is -2.72. The first-order chi connectivity index (χ1) is 20.4. The number of carbonyl (C=O) groups is 1. The first-order valence-corrected chi connectivity index (χ1v) is 16.9. The zero-order valence-electron chi connectivity index (χ0n) is 27.1. The van der Waals surface area contributed by atoms with Gasteiger partial charge in [-0.2, -0.15) is 13.2 Å². The largest absolute Gasteiger partial charge is 0.481 e. The van der Waals surface area contributed by atoms with Gasteiger partial charge in [0, 0.05) is 0 Å². The van der Waals surface area contributed by atoms with Crippen LogP contribution < -0.4 is 0 Å². The maximum absolute atomic E-state index is 13.1. The first-order valence-electron chi connectivity index (χ1n) is 16.9. The lowest BCUT2D eigenvalue weighted by molar-refractivity contribution is -0.248. The number of carboxylic acid groups (broad SMARTS) is 1. The van der Waals surface area contributed by atoms with Gasteiger partial charge in [-0.25, -0.2) is 0 Å². The normalized spacial score (nSPS) is 44.8. The highest BCUT2D eigenvalue weighted by atomic mass is 19.4. The maximum atomic E-state index is 13.1. The van der Waals surface area contributed by atoms with E-state index in [4.69, 9.17) is 0 Å². The number of alkyl halides is 3. The number of rotatable bonds is 4. The number of benzene rings is 1. The van der Waals surface area contributed by atoms with E-state index in [0.717, 1.165) is 69.1 Å². The van der Waals surface area contributed by atoms with Crippen LogP contribution in [0.4, 0.5) is 13.2 Å². The molecule has 5 aliphatic rings. The molecule has 0 aromatic heterocycles. The van der Waals surface area contributed by atoms with Gasteiger partial charge in [0.25, 0.3) is 0 Å². The molecule has 0 saturated heterocycles. The number of hydrogen-bond donors (Lipinski definition) is 2. The van der Waals surface area contributed by atoms with Crippen molar-refractivity contribution < 1.29 is 28.2 Å². The fraction of sp³-hybridized carbons (Fsp3) is 0.711. The summed E-state index contributed by atoms with van der Waals surface area (Å²) in [5.41, 5.74) is 0.307. The zero-order valence-corrected chi connectivity index (χ0v) is 27.1. The number of carboxylic acids is 1. The van der Waals surface area contributed by atoms with Gasteiger partial charge in [0.1, 0.15) is 0 Å². The van der Waals surface area contributed by atoms with Crippen molar-refractivity contribution in [2.24, 2.45) is 56.7 Å². The zero-order chi connectivity index (χ0) is 32.1. The topological polar surface area (TPSA) is 57.5 Å². The maximum Gasteiger partial charge on any atom is 0.416 e. The molecule has 242 valence electrons. The third-order valence-corrected chi connectivity index (χ3v) is 15.0. The monoisotopic (exact) mass is 612 g/mol. The molecule has 0 aliphatic heterocycles. The first kappa shape index (κ1) is 31.9. The number of allylic oxidation sites excluding steroid dienone is 2. The fourth-order valence-corrected chi connectivity index (χ4v) is 12.5. The highest BCUT2D eigenvalue weighted by Gasteiger charge is 2.72. The van der Waals surface area contributed by atoms with Gasteiger partial charge in [-0.05, 0) is 133 Å². The molecule has 6 heteroatoms. The third-order valence-electron chi connectivity index (χ3n) is 15.0. The molecular formula is C38H51F3O3. The lowest BCUT2D eigenvalue weighted by Crippen LogP contribution is -2.67. The molecule has 10 atom stereocenters. The summed E-state index contributed by atoms with van der Waals surface area (Å²) in [5.74, 6) is 0.667. The number of halogens is 3. The highest BCUT2D eigenvalue weighted by Crippen LogP contribution is 2.77. The Morgan fingerprint density at radius 3 is 2.18 bits per heavy atom. The molecule has 5 saturated carbocycles. The Kier molecular flexibility index (Phi) is 7.40. The molecule has 5 fully saturated rings. The van der Waals surface area contributed by atoms with Crippen molar-refractivity contribution in [3.63, 3.8) is 0 Å². The summed E-state index contributed by atoms with van der Waals surface area (Å²) in [4.78, 5) is 13.1. The van der Waals surface area contributed by atoms with Gasteiger partial charge in [0.2, 0.25) is 0 Å². The second-order valence-electron chi connectivity index (χ2n) is 16.7. The molecule has 0 spiro atoms. The van der Waals surface area contributed by atoms with Crippen LogP contribution in [0.25, 0.3) is 6.08 Å². The van der Waals surface area contributed by atoms with E-state index in [9.17, 15) is 28.2 Å². The summed E-state index contributed by atoms with van der Waals surface area (Å²) in [5, 5.41) is 21.8. The summed E-state index contributed by atoms with van der Waals surface area (Å²) in [7, 11) is 0. The van der Waals surface area contributed by atoms with Crippen LogP contribution in [0.5, 0.6) is 0 Å². The molecule has 1 aromatic rings. The second-order valence-corrected chi connectivity index (χ2v) is 16.7.